The maximum atomic E-state index is 10.2. The fourth-order valence-electron chi connectivity index (χ4n) is 0.189. The highest BCUT2D eigenvalue weighted by molar-refractivity contribution is 7.59. The van der Waals surface area contributed by atoms with E-state index in [1.165, 1.54) is 6.66 Å². The molecular formula is CH7O6P3. The summed E-state index contributed by atoms with van der Waals surface area (Å²) >= 11 is 0. The van der Waals surface area contributed by atoms with Crippen LogP contribution in [0, 0.1) is 0 Å². The standard InChI is InChI=1S/CH7O6P3/c1-8(2)6-10(5)7-9(3)4/h3-5,8H,1H3. The lowest BCUT2D eigenvalue weighted by atomic mass is 12.0. The lowest BCUT2D eigenvalue weighted by Gasteiger charge is -2.07. The SMILES string of the molecule is C[PH](=O)OP(O)OP(O)O. The third-order valence-corrected chi connectivity index (χ3v) is 3.15. The highest BCUT2D eigenvalue weighted by Crippen LogP contribution is 2.51. The first-order chi connectivity index (χ1) is 4.52. The van der Waals surface area contributed by atoms with Gasteiger partial charge in [-0.15, -0.1) is 0 Å². The van der Waals surface area contributed by atoms with Gasteiger partial charge >= 0.3 is 17.2 Å². The third-order valence-electron chi connectivity index (χ3n) is 0.350. The van der Waals surface area contributed by atoms with Crippen LogP contribution >= 0.6 is 25.2 Å². The fraction of sp³-hybridized carbons (Fsp3) is 1.00. The van der Waals surface area contributed by atoms with Gasteiger partial charge < -0.3 is 14.7 Å². The van der Waals surface area contributed by atoms with E-state index in [9.17, 15) is 4.57 Å². The first-order valence-corrected chi connectivity index (χ1v) is 6.17. The highest BCUT2D eigenvalue weighted by Gasteiger charge is 2.13. The zero-order valence-electron chi connectivity index (χ0n) is 4.96. The van der Waals surface area contributed by atoms with Crippen LogP contribution in [0.2, 0.25) is 0 Å². The molecule has 0 saturated heterocycles. The minimum absolute atomic E-state index is 1.25. The topological polar surface area (TPSA) is 96.2 Å². The molecule has 2 unspecified atom stereocenters. The van der Waals surface area contributed by atoms with E-state index >= 15 is 0 Å². The summed E-state index contributed by atoms with van der Waals surface area (Å²) < 4.78 is 18.4. The molecule has 0 bridgehead atoms. The zero-order chi connectivity index (χ0) is 8.15. The van der Waals surface area contributed by atoms with Gasteiger partial charge in [-0.05, 0) is 0 Å². The monoisotopic (exact) mass is 208 g/mol. The maximum absolute atomic E-state index is 10.2. The summed E-state index contributed by atoms with van der Waals surface area (Å²) in [6.45, 7) is 1.25. The molecule has 0 rings (SSSR count). The minimum Gasteiger partial charge on any atom is -0.328 e. The Labute approximate surface area is 60.7 Å². The molecule has 0 aliphatic rings. The molecule has 9 heteroatoms. The molecule has 0 spiro atoms. The second-order valence-corrected chi connectivity index (χ2v) is 4.50. The van der Waals surface area contributed by atoms with Crippen molar-refractivity contribution in [3.63, 3.8) is 0 Å². The maximum Gasteiger partial charge on any atom is 0.342 e. The van der Waals surface area contributed by atoms with Gasteiger partial charge in [0.15, 0.2) is 8.03 Å². The summed E-state index contributed by atoms with van der Waals surface area (Å²) in [4.78, 5) is 24.8. The van der Waals surface area contributed by atoms with Crippen molar-refractivity contribution in [2.24, 2.45) is 0 Å². The predicted octanol–water partition coefficient (Wildman–Crippen LogP) is 0.555. The average molecular weight is 208 g/mol. The molecule has 62 valence electrons. The van der Waals surface area contributed by atoms with Crippen LogP contribution in [-0.4, -0.2) is 21.3 Å². The zero-order valence-corrected chi connectivity index (χ0v) is 7.75. The van der Waals surface area contributed by atoms with Gasteiger partial charge in [-0.1, -0.05) is 0 Å². The molecular weight excluding hydrogens is 201 g/mol. The average Bonchev–Trinajstić information content (AvgIpc) is 1.58. The molecule has 0 aliphatic carbocycles. The van der Waals surface area contributed by atoms with Crippen molar-refractivity contribution in [3.8, 4) is 0 Å². The van der Waals surface area contributed by atoms with Gasteiger partial charge in [0.1, 0.15) is 0 Å². The Bertz CT molecular complexity index is 114. The molecule has 0 aromatic rings. The van der Waals surface area contributed by atoms with Gasteiger partial charge in [-0.25, -0.2) is 4.31 Å². The Morgan fingerprint density at radius 3 is 2.20 bits per heavy atom. The Balaban J connectivity index is 3.43. The predicted molar refractivity (Wildman–Crippen MR) is 37.6 cm³/mol. The summed E-state index contributed by atoms with van der Waals surface area (Å²) in [6, 6.07) is 0. The van der Waals surface area contributed by atoms with E-state index in [1.54, 1.807) is 0 Å². The lowest BCUT2D eigenvalue weighted by molar-refractivity contribution is 0.332. The first kappa shape index (κ1) is 10.9. The van der Waals surface area contributed by atoms with E-state index in [-0.39, 0.29) is 0 Å². The third kappa shape index (κ3) is 7.00. The van der Waals surface area contributed by atoms with Gasteiger partial charge in [0.2, 0.25) is 0 Å². The fourth-order valence-corrected chi connectivity index (χ4v) is 2.00. The Kier molecular flexibility index (Phi) is 6.02. The van der Waals surface area contributed by atoms with E-state index in [0.717, 1.165) is 0 Å². The minimum atomic E-state index is -2.64. The molecule has 2 atom stereocenters. The molecule has 0 aliphatic heterocycles. The molecule has 0 aromatic heterocycles. The van der Waals surface area contributed by atoms with Crippen molar-refractivity contribution >= 4 is 25.2 Å². The van der Waals surface area contributed by atoms with Crippen molar-refractivity contribution in [1.29, 1.82) is 0 Å². The number of rotatable bonds is 4. The molecule has 0 heterocycles. The molecule has 0 saturated carbocycles. The molecule has 0 fully saturated rings. The van der Waals surface area contributed by atoms with Crippen molar-refractivity contribution in [2.75, 3.05) is 6.66 Å². The van der Waals surface area contributed by atoms with Crippen LogP contribution in [-0.2, 0) is 13.2 Å². The molecule has 0 aromatic carbocycles. The van der Waals surface area contributed by atoms with Gasteiger partial charge in [-0.3, -0.25) is 8.88 Å². The van der Waals surface area contributed by atoms with Gasteiger partial charge in [0.05, 0.1) is 0 Å². The van der Waals surface area contributed by atoms with Gasteiger partial charge in [0, 0.05) is 6.66 Å². The van der Waals surface area contributed by atoms with E-state index in [1.807, 2.05) is 0 Å². The van der Waals surface area contributed by atoms with E-state index < -0.39 is 25.2 Å². The van der Waals surface area contributed by atoms with Crippen molar-refractivity contribution in [2.45, 2.75) is 0 Å². The smallest absolute Gasteiger partial charge is 0.328 e. The second-order valence-electron chi connectivity index (χ2n) is 1.16. The largest absolute Gasteiger partial charge is 0.342 e. The molecule has 0 radical (unpaired) electrons. The molecule has 0 amide bonds. The Morgan fingerprint density at radius 2 is 1.90 bits per heavy atom. The van der Waals surface area contributed by atoms with Crippen molar-refractivity contribution in [3.05, 3.63) is 0 Å². The quantitative estimate of drug-likeness (QED) is 0.584. The van der Waals surface area contributed by atoms with Crippen LogP contribution < -0.4 is 0 Å². The molecule has 10 heavy (non-hydrogen) atoms. The van der Waals surface area contributed by atoms with Crippen molar-refractivity contribution in [1.82, 2.24) is 0 Å². The number of hydrogen-bond acceptors (Lipinski definition) is 6. The normalized spacial score (nSPS) is 17.3. The van der Waals surface area contributed by atoms with Crippen LogP contribution in [0.25, 0.3) is 0 Å². The lowest BCUT2D eigenvalue weighted by Crippen LogP contribution is -1.77. The Morgan fingerprint density at radius 1 is 1.40 bits per heavy atom. The first-order valence-electron chi connectivity index (χ1n) is 2.06. The van der Waals surface area contributed by atoms with Crippen LogP contribution in [0.15, 0.2) is 0 Å². The van der Waals surface area contributed by atoms with E-state index in [2.05, 4.69) is 8.62 Å². The van der Waals surface area contributed by atoms with Crippen LogP contribution in [0.3, 0.4) is 0 Å². The summed E-state index contributed by atoms with van der Waals surface area (Å²) in [5, 5.41) is 0. The summed E-state index contributed by atoms with van der Waals surface area (Å²) in [7, 11) is -7.32. The van der Waals surface area contributed by atoms with E-state index in [0.29, 0.717) is 0 Å². The van der Waals surface area contributed by atoms with Crippen LogP contribution in [0.1, 0.15) is 0 Å². The summed E-state index contributed by atoms with van der Waals surface area (Å²) in [6.07, 6.45) is 0. The molecule has 6 nitrogen and oxygen atoms in total. The number of hydrogen-bond donors (Lipinski definition) is 3. The van der Waals surface area contributed by atoms with Crippen LogP contribution in [0.4, 0.5) is 0 Å². The Hall–Kier alpha value is 0.890. The van der Waals surface area contributed by atoms with Crippen LogP contribution in [0.5, 0.6) is 0 Å². The second kappa shape index (κ2) is 5.53. The van der Waals surface area contributed by atoms with Gasteiger partial charge in [0.25, 0.3) is 0 Å². The summed E-state index contributed by atoms with van der Waals surface area (Å²) in [5.74, 6) is 0. The highest BCUT2D eigenvalue weighted by atomic mass is 31.3. The van der Waals surface area contributed by atoms with Crippen molar-refractivity contribution < 1.29 is 27.9 Å². The molecule has 3 N–H and O–H groups in total. The van der Waals surface area contributed by atoms with Gasteiger partial charge in [-0.2, -0.15) is 0 Å². The summed E-state index contributed by atoms with van der Waals surface area (Å²) in [5.41, 5.74) is 0. The van der Waals surface area contributed by atoms with E-state index in [4.69, 9.17) is 14.7 Å².